The fourth-order valence-corrected chi connectivity index (χ4v) is 5.33. The first-order chi connectivity index (χ1) is 13.0. The van der Waals surface area contributed by atoms with Gasteiger partial charge in [-0.1, -0.05) is 6.92 Å². The molecular formula is C22H34O5. The van der Waals surface area contributed by atoms with E-state index in [2.05, 4.69) is 0 Å². The molecule has 152 valence electrons. The zero-order valence-electron chi connectivity index (χ0n) is 16.8. The van der Waals surface area contributed by atoms with Crippen LogP contribution in [-0.2, 0) is 23.8 Å². The van der Waals surface area contributed by atoms with E-state index in [4.69, 9.17) is 14.2 Å². The van der Waals surface area contributed by atoms with E-state index < -0.39 is 5.41 Å². The van der Waals surface area contributed by atoms with Gasteiger partial charge in [0.25, 0.3) is 0 Å². The lowest BCUT2D eigenvalue weighted by molar-refractivity contribution is -0.162. The standard InChI is InChI=1S/C22H34O5/c1-22(11-25-2,12-26-20(23)16-5-3-14-7-18(14)9-16)13-27-21(24)17-6-4-15-8-19(15)10-17/h14-19H,3-13H2,1-2H3. The molecule has 6 unspecified atom stereocenters. The first-order valence-electron chi connectivity index (χ1n) is 10.8. The summed E-state index contributed by atoms with van der Waals surface area (Å²) in [4.78, 5) is 24.9. The second-order valence-electron chi connectivity index (χ2n) is 9.99. The Morgan fingerprint density at radius 1 is 0.741 bits per heavy atom. The smallest absolute Gasteiger partial charge is 0.308 e. The molecular weight excluding hydrogens is 344 g/mol. The number of carbonyl (C=O) groups is 2. The molecule has 0 N–H and O–H groups in total. The summed E-state index contributed by atoms with van der Waals surface area (Å²) in [5.41, 5.74) is -0.492. The molecule has 4 rings (SSSR count). The highest BCUT2D eigenvalue weighted by atomic mass is 16.6. The summed E-state index contributed by atoms with van der Waals surface area (Å²) >= 11 is 0. The summed E-state index contributed by atoms with van der Waals surface area (Å²) in [7, 11) is 1.63. The van der Waals surface area contributed by atoms with Gasteiger partial charge in [0.15, 0.2) is 0 Å². The van der Waals surface area contributed by atoms with Crippen molar-refractivity contribution < 1.29 is 23.8 Å². The number of ether oxygens (including phenoxy) is 3. The van der Waals surface area contributed by atoms with E-state index in [1.807, 2.05) is 6.92 Å². The molecule has 4 aliphatic rings. The fraction of sp³-hybridized carbons (Fsp3) is 0.909. The summed E-state index contributed by atoms with van der Waals surface area (Å²) in [6.07, 6.45) is 8.82. The van der Waals surface area contributed by atoms with Gasteiger partial charge in [0, 0.05) is 7.11 Å². The highest BCUT2D eigenvalue weighted by molar-refractivity contribution is 5.73. The minimum Gasteiger partial charge on any atom is -0.465 e. The summed E-state index contributed by atoms with van der Waals surface area (Å²) in [5, 5.41) is 0. The second-order valence-corrected chi connectivity index (χ2v) is 9.99. The molecule has 0 aromatic heterocycles. The van der Waals surface area contributed by atoms with Crippen LogP contribution in [0, 0.1) is 40.9 Å². The monoisotopic (exact) mass is 378 g/mol. The normalized spacial score (nSPS) is 38.7. The molecule has 4 saturated carbocycles. The SMILES string of the molecule is COCC(C)(COC(=O)C1CCC2CC2C1)COC(=O)C1CCC2CC2C1. The molecule has 0 saturated heterocycles. The average Bonchev–Trinajstić information content (AvgIpc) is 3.57. The van der Waals surface area contributed by atoms with E-state index in [0.717, 1.165) is 49.4 Å². The Morgan fingerprint density at radius 3 is 1.63 bits per heavy atom. The lowest BCUT2D eigenvalue weighted by Gasteiger charge is -2.30. The topological polar surface area (TPSA) is 61.8 Å². The Morgan fingerprint density at radius 2 is 1.22 bits per heavy atom. The third-order valence-corrected chi connectivity index (χ3v) is 7.37. The summed E-state index contributed by atoms with van der Waals surface area (Å²) < 4.78 is 16.6. The van der Waals surface area contributed by atoms with Crippen molar-refractivity contribution in [3.05, 3.63) is 0 Å². The molecule has 27 heavy (non-hydrogen) atoms. The van der Waals surface area contributed by atoms with E-state index in [0.29, 0.717) is 6.61 Å². The third kappa shape index (κ3) is 4.67. The van der Waals surface area contributed by atoms with Gasteiger partial charge in [-0.05, 0) is 75.0 Å². The van der Waals surface area contributed by atoms with Crippen LogP contribution in [0.15, 0.2) is 0 Å². The predicted molar refractivity (Wildman–Crippen MR) is 99.8 cm³/mol. The zero-order chi connectivity index (χ0) is 19.0. The van der Waals surface area contributed by atoms with Crippen molar-refractivity contribution in [1.29, 1.82) is 0 Å². The average molecular weight is 379 g/mol. The Labute approximate surface area is 162 Å². The van der Waals surface area contributed by atoms with Crippen LogP contribution in [0.3, 0.4) is 0 Å². The first kappa shape index (κ1) is 19.2. The van der Waals surface area contributed by atoms with Crippen LogP contribution in [0.5, 0.6) is 0 Å². The van der Waals surface area contributed by atoms with Crippen molar-refractivity contribution in [2.24, 2.45) is 40.9 Å². The van der Waals surface area contributed by atoms with Crippen LogP contribution in [0.2, 0.25) is 0 Å². The molecule has 0 radical (unpaired) electrons. The van der Waals surface area contributed by atoms with Gasteiger partial charge < -0.3 is 14.2 Å². The summed E-state index contributed by atoms with van der Waals surface area (Å²) in [5.74, 6) is 3.19. The minimum absolute atomic E-state index is 0.0526. The van der Waals surface area contributed by atoms with Crippen molar-refractivity contribution in [1.82, 2.24) is 0 Å². The number of carbonyl (C=O) groups excluding carboxylic acids is 2. The van der Waals surface area contributed by atoms with Crippen LogP contribution >= 0.6 is 0 Å². The molecule has 0 aromatic carbocycles. The largest absolute Gasteiger partial charge is 0.465 e. The number of esters is 2. The molecule has 5 heteroatoms. The zero-order valence-corrected chi connectivity index (χ0v) is 16.8. The number of fused-ring (bicyclic) bond motifs is 2. The van der Waals surface area contributed by atoms with Crippen LogP contribution in [0.25, 0.3) is 0 Å². The van der Waals surface area contributed by atoms with E-state index in [1.165, 1.54) is 25.7 Å². The molecule has 0 heterocycles. The molecule has 6 atom stereocenters. The van der Waals surface area contributed by atoms with Gasteiger partial charge in [0.1, 0.15) is 13.2 Å². The Kier molecular flexibility index (Phi) is 5.50. The Bertz CT molecular complexity index is 529. The van der Waals surface area contributed by atoms with Crippen molar-refractivity contribution >= 4 is 11.9 Å². The van der Waals surface area contributed by atoms with Crippen LogP contribution < -0.4 is 0 Å². The Hall–Kier alpha value is -1.10. The third-order valence-electron chi connectivity index (χ3n) is 7.37. The molecule has 4 fully saturated rings. The van der Waals surface area contributed by atoms with Crippen LogP contribution in [0.1, 0.15) is 58.3 Å². The van der Waals surface area contributed by atoms with E-state index >= 15 is 0 Å². The highest BCUT2D eigenvalue weighted by Crippen LogP contribution is 2.52. The van der Waals surface area contributed by atoms with Crippen molar-refractivity contribution in [3.63, 3.8) is 0 Å². The lowest BCUT2D eigenvalue weighted by atomic mass is 9.89. The maximum atomic E-state index is 12.5. The maximum absolute atomic E-state index is 12.5. The van der Waals surface area contributed by atoms with Crippen molar-refractivity contribution in [3.8, 4) is 0 Å². The molecule has 4 aliphatic carbocycles. The molecule has 0 bridgehead atoms. The molecule has 0 aliphatic heterocycles. The number of methoxy groups -OCH3 is 1. The highest BCUT2D eigenvalue weighted by Gasteiger charge is 2.45. The number of hydrogen-bond donors (Lipinski definition) is 0. The van der Waals surface area contributed by atoms with Gasteiger partial charge in [-0.15, -0.1) is 0 Å². The van der Waals surface area contributed by atoms with Gasteiger partial charge in [-0.2, -0.15) is 0 Å². The number of rotatable bonds is 8. The molecule has 5 nitrogen and oxygen atoms in total. The first-order valence-corrected chi connectivity index (χ1v) is 10.8. The quantitative estimate of drug-likeness (QED) is 0.604. The summed E-state index contributed by atoms with van der Waals surface area (Å²) in [6.45, 7) is 2.85. The van der Waals surface area contributed by atoms with Gasteiger partial charge >= 0.3 is 11.9 Å². The summed E-state index contributed by atoms with van der Waals surface area (Å²) in [6, 6.07) is 0. The van der Waals surface area contributed by atoms with E-state index in [9.17, 15) is 9.59 Å². The second kappa shape index (κ2) is 7.73. The maximum Gasteiger partial charge on any atom is 0.308 e. The minimum atomic E-state index is -0.492. The number of hydrogen-bond acceptors (Lipinski definition) is 5. The molecule has 0 aromatic rings. The predicted octanol–water partition coefficient (Wildman–Crippen LogP) is 3.60. The fourth-order valence-electron chi connectivity index (χ4n) is 5.33. The van der Waals surface area contributed by atoms with Crippen molar-refractivity contribution in [2.75, 3.05) is 26.9 Å². The van der Waals surface area contributed by atoms with Crippen LogP contribution in [0.4, 0.5) is 0 Å². The Balaban J connectivity index is 1.23. The van der Waals surface area contributed by atoms with Crippen LogP contribution in [-0.4, -0.2) is 38.9 Å². The molecule has 0 spiro atoms. The van der Waals surface area contributed by atoms with Crippen molar-refractivity contribution in [2.45, 2.75) is 58.3 Å². The van der Waals surface area contributed by atoms with E-state index in [-0.39, 0.29) is 37.0 Å². The lowest BCUT2D eigenvalue weighted by Crippen LogP contribution is -2.37. The van der Waals surface area contributed by atoms with E-state index in [1.54, 1.807) is 7.11 Å². The van der Waals surface area contributed by atoms with Gasteiger partial charge in [-0.3, -0.25) is 9.59 Å². The van der Waals surface area contributed by atoms with Gasteiger partial charge in [0.05, 0.1) is 23.9 Å². The molecule has 0 amide bonds. The van der Waals surface area contributed by atoms with Gasteiger partial charge in [-0.25, -0.2) is 0 Å². The van der Waals surface area contributed by atoms with Gasteiger partial charge in [0.2, 0.25) is 0 Å².